The lowest BCUT2D eigenvalue weighted by Gasteiger charge is -2.39. The standard InChI is InChI=1S/C32H44FNO3/c1-8-22(11-13-32(5,6)7)34-14-12-23-19(2)26(17-29(35)36)30(21(4)27(23)18-34)25-16-28(33)31-24(20(25)3)10-9-15-37-31/h16,22H,8-15,17-18H2,1-7H3,(H,35,36). The molecule has 0 aromatic heterocycles. The number of carboxylic acids is 1. The van der Waals surface area contributed by atoms with Gasteiger partial charge in [-0.05, 0) is 115 Å². The van der Waals surface area contributed by atoms with Gasteiger partial charge in [0.15, 0.2) is 11.6 Å². The fourth-order valence-corrected chi connectivity index (χ4v) is 6.50. The molecule has 2 aliphatic heterocycles. The highest BCUT2D eigenvalue weighted by molar-refractivity contribution is 5.83. The Labute approximate surface area is 222 Å². The Morgan fingerprint density at radius 1 is 1.11 bits per heavy atom. The number of carboxylic acid groups (broad SMARTS) is 1. The quantitative estimate of drug-likeness (QED) is 0.424. The van der Waals surface area contributed by atoms with Gasteiger partial charge in [0.2, 0.25) is 0 Å². The first-order valence-electron chi connectivity index (χ1n) is 14.0. The molecule has 0 saturated carbocycles. The molecule has 0 bridgehead atoms. The summed E-state index contributed by atoms with van der Waals surface area (Å²) in [6, 6.07) is 2.10. The molecule has 0 aliphatic carbocycles. The van der Waals surface area contributed by atoms with Gasteiger partial charge in [0.05, 0.1) is 13.0 Å². The van der Waals surface area contributed by atoms with E-state index >= 15 is 4.39 Å². The monoisotopic (exact) mass is 509 g/mol. The summed E-state index contributed by atoms with van der Waals surface area (Å²) in [5.41, 5.74) is 9.56. The average Bonchev–Trinajstić information content (AvgIpc) is 2.84. The van der Waals surface area contributed by atoms with E-state index in [-0.39, 0.29) is 12.2 Å². The minimum absolute atomic E-state index is 0.0587. The molecule has 202 valence electrons. The minimum atomic E-state index is -0.853. The van der Waals surface area contributed by atoms with E-state index in [4.69, 9.17) is 4.74 Å². The van der Waals surface area contributed by atoms with Crippen molar-refractivity contribution in [3.05, 3.63) is 50.8 Å². The Kier molecular flexibility index (Phi) is 8.04. The Morgan fingerprint density at radius 2 is 1.84 bits per heavy atom. The minimum Gasteiger partial charge on any atom is -0.490 e. The van der Waals surface area contributed by atoms with Crippen molar-refractivity contribution in [1.82, 2.24) is 4.90 Å². The predicted octanol–water partition coefficient (Wildman–Crippen LogP) is 7.33. The first-order valence-corrected chi connectivity index (χ1v) is 14.0. The maximum absolute atomic E-state index is 15.3. The van der Waals surface area contributed by atoms with Gasteiger partial charge in [0.1, 0.15) is 0 Å². The molecule has 1 unspecified atom stereocenters. The highest BCUT2D eigenvalue weighted by Gasteiger charge is 2.31. The van der Waals surface area contributed by atoms with E-state index in [1.54, 1.807) is 6.07 Å². The van der Waals surface area contributed by atoms with Gasteiger partial charge in [0, 0.05) is 24.7 Å². The van der Waals surface area contributed by atoms with Crippen molar-refractivity contribution in [2.45, 2.75) is 106 Å². The van der Waals surface area contributed by atoms with Crippen LogP contribution in [-0.2, 0) is 30.6 Å². The van der Waals surface area contributed by atoms with Gasteiger partial charge in [-0.25, -0.2) is 4.39 Å². The van der Waals surface area contributed by atoms with E-state index in [2.05, 4.69) is 46.4 Å². The molecule has 5 heteroatoms. The molecule has 2 aliphatic rings. The van der Waals surface area contributed by atoms with Gasteiger partial charge in [0.25, 0.3) is 0 Å². The van der Waals surface area contributed by atoms with Gasteiger partial charge in [-0.2, -0.15) is 0 Å². The summed E-state index contributed by atoms with van der Waals surface area (Å²) >= 11 is 0. The topological polar surface area (TPSA) is 49.8 Å². The van der Waals surface area contributed by atoms with Crippen LogP contribution in [0.3, 0.4) is 0 Å². The number of nitrogens with zero attached hydrogens (tertiary/aromatic N) is 1. The number of rotatable bonds is 7. The van der Waals surface area contributed by atoms with E-state index in [1.807, 2.05) is 6.92 Å². The molecule has 2 aromatic carbocycles. The van der Waals surface area contributed by atoms with Crippen molar-refractivity contribution < 1.29 is 19.0 Å². The summed E-state index contributed by atoms with van der Waals surface area (Å²) in [7, 11) is 0. The van der Waals surface area contributed by atoms with Crippen LogP contribution in [-0.4, -0.2) is 35.2 Å². The molecule has 0 spiro atoms. The van der Waals surface area contributed by atoms with Gasteiger partial charge in [-0.1, -0.05) is 27.7 Å². The zero-order valence-corrected chi connectivity index (χ0v) is 23.8. The second-order valence-corrected chi connectivity index (χ2v) is 12.3. The summed E-state index contributed by atoms with van der Waals surface area (Å²) < 4.78 is 21.0. The highest BCUT2D eigenvalue weighted by Crippen LogP contribution is 2.43. The molecule has 1 N–H and O–H groups in total. The number of benzene rings is 2. The van der Waals surface area contributed by atoms with Crippen LogP contribution < -0.4 is 4.74 Å². The summed E-state index contributed by atoms with van der Waals surface area (Å²) in [5.74, 6) is -0.828. The molecule has 2 heterocycles. The van der Waals surface area contributed by atoms with Crippen LogP contribution in [0, 0.1) is 32.0 Å². The molecule has 37 heavy (non-hydrogen) atoms. The van der Waals surface area contributed by atoms with Crippen LogP contribution >= 0.6 is 0 Å². The molecule has 2 aromatic rings. The molecule has 0 radical (unpaired) electrons. The Hall–Kier alpha value is -2.40. The lowest BCUT2D eigenvalue weighted by Crippen LogP contribution is -2.40. The highest BCUT2D eigenvalue weighted by atomic mass is 19.1. The summed E-state index contributed by atoms with van der Waals surface area (Å²) in [6.45, 7) is 17.8. The molecular formula is C32H44FNO3. The van der Waals surface area contributed by atoms with Crippen LogP contribution in [0.15, 0.2) is 6.07 Å². The largest absolute Gasteiger partial charge is 0.490 e. The fraction of sp³-hybridized carbons (Fsp3) is 0.594. The third-order valence-corrected chi connectivity index (χ3v) is 8.66. The maximum atomic E-state index is 15.3. The Morgan fingerprint density at radius 3 is 2.49 bits per heavy atom. The number of hydrogen-bond acceptors (Lipinski definition) is 3. The van der Waals surface area contributed by atoms with Crippen LogP contribution in [0.4, 0.5) is 4.39 Å². The Bertz CT molecular complexity index is 1190. The van der Waals surface area contributed by atoms with Crippen LogP contribution in [0.2, 0.25) is 0 Å². The maximum Gasteiger partial charge on any atom is 0.307 e. The van der Waals surface area contributed by atoms with Crippen LogP contribution in [0.1, 0.15) is 92.3 Å². The number of carbonyl (C=O) groups is 1. The van der Waals surface area contributed by atoms with Crippen molar-refractivity contribution in [3.8, 4) is 16.9 Å². The predicted molar refractivity (Wildman–Crippen MR) is 148 cm³/mol. The third kappa shape index (κ3) is 5.57. The van der Waals surface area contributed by atoms with E-state index in [0.717, 1.165) is 77.7 Å². The van der Waals surface area contributed by atoms with Gasteiger partial charge in [-0.15, -0.1) is 0 Å². The molecule has 0 saturated heterocycles. The van der Waals surface area contributed by atoms with Gasteiger partial charge in [-0.3, -0.25) is 9.69 Å². The second-order valence-electron chi connectivity index (χ2n) is 12.3. The van der Waals surface area contributed by atoms with E-state index in [1.165, 1.54) is 24.0 Å². The average molecular weight is 510 g/mol. The van der Waals surface area contributed by atoms with Crippen LogP contribution in [0.25, 0.3) is 11.1 Å². The van der Waals surface area contributed by atoms with Gasteiger partial charge >= 0.3 is 5.97 Å². The first-order chi connectivity index (χ1) is 17.4. The summed E-state index contributed by atoms with van der Waals surface area (Å²) in [6.07, 6.45) is 5.98. The summed E-state index contributed by atoms with van der Waals surface area (Å²) in [5, 5.41) is 9.84. The number of ether oxygens (including phenoxy) is 1. The molecule has 1 atom stereocenters. The van der Waals surface area contributed by atoms with Crippen molar-refractivity contribution in [2.24, 2.45) is 5.41 Å². The molecule has 4 rings (SSSR count). The number of fused-ring (bicyclic) bond motifs is 2. The smallest absolute Gasteiger partial charge is 0.307 e. The molecule has 0 amide bonds. The Balaban J connectivity index is 1.84. The first kappa shape index (κ1) is 27.6. The van der Waals surface area contributed by atoms with Crippen molar-refractivity contribution in [3.63, 3.8) is 0 Å². The number of aliphatic carboxylic acids is 1. The van der Waals surface area contributed by atoms with Gasteiger partial charge < -0.3 is 9.84 Å². The fourth-order valence-electron chi connectivity index (χ4n) is 6.50. The zero-order chi connectivity index (χ0) is 27.1. The van der Waals surface area contributed by atoms with Crippen molar-refractivity contribution in [1.29, 1.82) is 0 Å². The zero-order valence-electron chi connectivity index (χ0n) is 23.8. The van der Waals surface area contributed by atoms with E-state index in [9.17, 15) is 9.90 Å². The normalized spacial score (nSPS) is 16.6. The van der Waals surface area contributed by atoms with Crippen molar-refractivity contribution in [2.75, 3.05) is 13.2 Å². The van der Waals surface area contributed by atoms with E-state index < -0.39 is 5.97 Å². The summed E-state index contributed by atoms with van der Waals surface area (Å²) in [4.78, 5) is 14.6. The van der Waals surface area contributed by atoms with Crippen molar-refractivity contribution >= 4 is 5.97 Å². The number of halogens is 1. The van der Waals surface area contributed by atoms with Crippen LogP contribution in [0.5, 0.6) is 5.75 Å². The van der Waals surface area contributed by atoms with E-state index in [0.29, 0.717) is 23.8 Å². The molecule has 0 fully saturated rings. The lowest BCUT2D eigenvalue weighted by molar-refractivity contribution is -0.136. The number of hydrogen-bond donors (Lipinski definition) is 1. The molecular weight excluding hydrogens is 465 g/mol. The SMILES string of the molecule is CCC(CCC(C)(C)C)N1CCc2c(C)c(CC(=O)O)c(-c3cc(F)c4c(c3C)CCCO4)c(C)c2C1. The lowest BCUT2D eigenvalue weighted by atomic mass is 9.79. The molecule has 4 nitrogen and oxygen atoms in total. The second kappa shape index (κ2) is 10.8. The third-order valence-electron chi connectivity index (χ3n) is 8.66.